The van der Waals surface area contributed by atoms with E-state index >= 15 is 0 Å². The fourth-order valence-electron chi connectivity index (χ4n) is 4.09. The van der Waals surface area contributed by atoms with Crippen molar-refractivity contribution in [2.24, 2.45) is 5.92 Å². The Bertz CT molecular complexity index is 1200. The molecule has 0 spiro atoms. The predicted molar refractivity (Wildman–Crippen MR) is 146 cm³/mol. The van der Waals surface area contributed by atoms with Crippen molar-refractivity contribution in [2.45, 2.75) is 46.6 Å². The van der Waals surface area contributed by atoms with Crippen LogP contribution < -0.4 is 5.32 Å². The number of esters is 1. The molecule has 1 aliphatic rings. The Kier molecular flexibility index (Phi) is 9.70. The van der Waals surface area contributed by atoms with Crippen LogP contribution in [0.2, 0.25) is 0 Å². The first kappa shape index (κ1) is 29.3. The largest absolute Gasteiger partial charge is 0.459 e. The van der Waals surface area contributed by atoms with E-state index in [1.807, 2.05) is 25.1 Å². The predicted octanol–water partition coefficient (Wildman–Crippen LogP) is 3.68. The maximum Gasteiger partial charge on any atom is 0.409 e. The van der Waals surface area contributed by atoms with E-state index in [0.29, 0.717) is 18.6 Å². The number of aryl methyl sites for hydroxylation is 1. The summed E-state index contributed by atoms with van der Waals surface area (Å²) < 4.78 is 11.3. The van der Waals surface area contributed by atoms with Gasteiger partial charge >= 0.3 is 12.1 Å². The first-order valence-electron chi connectivity index (χ1n) is 12.7. The van der Waals surface area contributed by atoms with Gasteiger partial charge in [0.2, 0.25) is 5.91 Å². The summed E-state index contributed by atoms with van der Waals surface area (Å²) in [5.41, 5.74) is 1.16. The third kappa shape index (κ3) is 7.66. The molecule has 11 heteroatoms. The third-order valence-electron chi connectivity index (χ3n) is 5.97. The molecule has 1 aromatic heterocycles. The van der Waals surface area contributed by atoms with Gasteiger partial charge in [-0.2, -0.15) is 0 Å². The summed E-state index contributed by atoms with van der Waals surface area (Å²) in [6.07, 6.45) is -0.360. The number of piperazine rings is 1. The number of nitrogens with one attached hydrogen (secondary N) is 1. The summed E-state index contributed by atoms with van der Waals surface area (Å²) in [5, 5.41) is 3.67. The highest BCUT2D eigenvalue weighted by Gasteiger charge is 2.36. The molecule has 1 atom stereocenters. The van der Waals surface area contributed by atoms with Crippen molar-refractivity contribution < 1.29 is 28.7 Å². The van der Waals surface area contributed by atoms with Gasteiger partial charge in [0.15, 0.2) is 0 Å². The standard InChI is InChI=1S/C27H35BrN4O6/c1-6-37-26(36)32-13-11-31(12-14-32)24(34)19(25(35)38-27(3,4)5)9-10-29-23(33)22-16-20(28)18-8-7-17(2)15-21(18)30-22/h7-8,15-16,19H,6,9-14H2,1-5H3,(H,29,33). The fourth-order valence-corrected chi connectivity index (χ4v) is 4.64. The van der Waals surface area contributed by atoms with Gasteiger partial charge in [-0.05, 0) is 58.7 Å². The number of hydrogen-bond donors (Lipinski definition) is 1. The second kappa shape index (κ2) is 12.6. The topological polar surface area (TPSA) is 118 Å². The molecule has 0 saturated carbocycles. The minimum atomic E-state index is -1.09. The highest BCUT2D eigenvalue weighted by Crippen LogP contribution is 2.24. The van der Waals surface area contributed by atoms with Crippen LogP contribution >= 0.6 is 15.9 Å². The number of nitrogens with zero attached hydrogens (tertiary/aromatic N) is 3. The molecule has 0 bridgehead atoms. The first-order chi connectivity index (χ1) is 17.9. The van der Waals surface area contributed by atoms with E-state index in [-0.39, 0.29) is 44.3 Å². The van der Waals surface area contributed by atoms with Crippen LogP contribution in [-0.4, -0.2) is 83.6 Å². The van der Waals surface area contributed by atoms with Crippen LogP contribution in [0.3, 0.4) is 0 Å². The second-order valence-corrected chi connectivity index (χ2v) is 11.0. The van der Waals surface area contributed by atoms with Crippen LogP contribution in [-0.2, 0) is 19.1 Å². The number of pyridine rings is 1. The Balaban J connectivity index is 1.67. The van der Waals surface area contributed by atoms with Crippen molar-refractivity contribution in [1.82, 2.24) is 20.1 Å². The summed E-state index contributed by atoms with van der Waals surface area (Å²) >= 11 is 3.50. The molecule has 0 aliphatic carbocycles. The van der Waals surface area contributed by atoms with Gasteiger partial charge in [0.05, 0.1) is 12.1 Å². The number of amides is 3. The van der Waals surface area contributed by atoms with E-state index in [0.717, 1.165) is 15.4 Å². The van der Waals surface area contributed by atoms with Crippen molar-refractivity contribution >= 4 is 50.7 Å². The number of ether oxygens (including phenoxy) is 2. The maximum absolute atomic E-state index is 13.4. The van der Waals surface area contributed by atoms with Gasteiger partial charge in [-0.25, -0.2) is 9.78 Å². The molecular formula is C27H35BrN4O6. The molecule has 0 radical (unpaired) electrons. The molecule has 10 nitrogen and oxygen atoms in total. The number of aromatic nitrogens is 1. The van der Waals surface area contributed by atoms with Gasteiger partial charge in [0.1, 0.15) is 17.2 Å². The van der Waals surface area contributed by atoms with Crippen LogP contribution in [0, 0.1) is 12.8 Å². The van der Waals surface area contributed by atoms with Crippen molar-refractivity contribution in [2.75, 3.05) is 39.3 Å². The van der Waals surface area contributed by atoms with Gasteiger partial charge in [0, 0.05) is 42.6 Å². The molecule has 3 rings (SSSR count). The van der Waals surface area contributed by atoms with Gasteiger partial charge in [-0.15, -0.1) is 0 Å². The van der Waals surface area contributed by atoms with E-state index < -0.39 is 29.5 Å². The molecule has 1 fully saturated rings. The first-order valence-corrected chi connectivity index (χ1v) is 13.5. The average Bonchev–Trinajstić information content (AvgIpc) is 2.85. The summed E-state index contributed by atoms with van der Waals surface area (Å²) in [6, 6.07) is 7.45. The molecule has 1 aromatic carbocycles. The highest BCUT2D eigenvalue weighted by atomic mass is 79.9. The van der Waals surface area contributed by atoms with Crippen LogP contribution in [0.25, 0.3) is 10.9 Å². The maximum atomic E-state index is 13.4. The number of benzene rings is 1. The summed E-state index contributed by atoms with van der Waals surface area (Å²) in [7, 11) is 0. The molecule has 1 saturated heterocycles. The van der Waals surface area contributed by atoms with Crippen molar-refractivity contribution in [3.05, 3.63) is 40.0 Å². The third-order valence-corrected chi connectivity index (χ3v) is 6.63. The lowest BCUT2D eigenvalue weighted by Gasteiger charge is -2.35. The van der Waals surface area contributed by atoms with Crippen LogP contribution in [0.5, 0.6) is 0 Å². The number of rotatable bonds is 7. The Morgan fingerprint density at radius 2 is 1.74 bits per heavy atom. The zero-order chi connectivity index (χ0) is 28.0. The number of carbonyl (C=O) groups is 4. The molecule has 38 heavy (non-hydrogen) atoms. The zero-order valence-corrected chi connectivity index (χ0v) is 24.1. The lowest BCUT2D eigenvalue weighted by Crippen LogP contribution is -2.53. The minimum absolute atomic E-state index is 0.0609. The summed E-state index contributed by atoms with van der Waals surface area (Å²) in [6.45, 7) is 10.4. The molecule has 2 aromatic rings. The average molecular weight is 592 g/mol. The Labute approximate surface area is 231 Å². The molecule has 3 amide bonds. The second-order valence-electron chi connectivity index (χ2n) is 10.2. The van der Waals surface area contributed by atoms with Gasteiger partial charge in [-0.3, -0.25) is 14.4 Å². The quantitative estimate of drug-likeness (QED) is 0.386. The van der Waals surface area contributed by atoms with E-state index in [4.69, 9.17) is 9.47 Å². The van der Waals surface area contributed by atoms with E-state index in [2.05, 4.69) is 26.2 Å². The lowest BCUT2D eigenvalue weighted by atomic mass is 10.0. The Hall–Kier alpha value is -3.21. The van der Waals surface area contributed by atoms with Crippen molar-refractivity contribution in [3.63, 3.8) is 0 Å². The van der Waals surface area contributed by atoms with E-state index in [1.54, 1.807) is 38.7 Å². The van der Waals surface area contributed by atoms with E-state index in [1.165, 1.54) is 4.90 Å². The summed E-state index contributed by atoms with van der Waals surface area (Å²) in [4.78, 5) is 58.8. The van der Waals surface area contributed by atoms with Crippen LogP contribution in [0.15, 0.2) is 28.7 Å². The normalized spacial score (nSPS) is 14.7. The monoisotopic (exact) mass is 590 g/mol. The van der Waals surface area contributed by atoms with Gasteiger partial charge < -0.3 is 24.6 Å². The smallest absolute Gasteiger partial charge is 0.409 e. The zero-order valence-electron chi connectivity index (χ0n) is 22.5. The number of hydrogen-bond acceptors (Lipinski definition) is 7. The van der Waals surface area contributed by atoms with Crippen LogP contribution in [0.4, 0.5) is 4.79 Å². The Morgan fingerprint density at radius 3 is 2.37 bits per heavy atom. The van der Waals surface area contributed by atoms with Gasteiger partial charge in [-0.1, -0.05) is 28.1 Å². The number of carbonyl (C=O) groups excluding carboxylic acids is 4. The highest BCUT2D eigenvalue weighted by molar-refractivity contribution is 9.10. The molecular weight excluding hydrogens is 556 g/mol. The molecule has 1 aliphatic heterocycles. The Morgan fingerprint density at radius 1 is 1.08 bits per heavy atom. The molecule has 206 valence electrons. The molecule has 1 N–H and O–H groups in total. The van der Waals surface area contributed by atoms with Crippen LogP contribution in [0.1, 0.15) is 50.2 Å². The molecule has 1 unspecified atom stereocenters. The van der Waals surface area contributed by atoms with Gasteiger partial charge in [0.25, 0.3) is 5.91 Å². The van der Waals surface area contributed by atoms with Crippen molar-refractivity contribution in [3.8, 4) is 0 Å². The SMILES string of the molecule is CCOC(=O)N1CCN(C(=O)C(CCNC(=O)c2cc(Br)c3ccc(C)cc3n2)C(=O)OC(C)(C)C)CC1. The molecule has 2 heterocycles. The van der Waals surface area contributed by atoms with Crippen molar-refractivity contribution in [1.29, 1.82) is 0 Å². The van der Waals surface area contributed by atoms with E-state index in [9.17, 15) is 19.2 Å². The number of fused-ring (bicyclic) bond motifs is 1. The minimum Gasteiger partial charge on any atom is -0.459 e. The lowest BCUT2D eigenvalue weighted by molar-refractivity contribution is -0.165. The summed E-state index contributed by atoms with van der Waals surface area (Å²) in [5.74, 6) is -2.54. The fraction of sp³-hybridized carbons (Fsp3) is 0.519. The number of halogens is 1.